The van der Waals surface area contributed by atoms with Crippen molar-refractivity contribution in [3.63, 3.8) is 0 Å². The Balaban J connectivity index is 1.25. The van der Waals surface area contributed by atoms with Gasteiger partial charge in [-0.15, -0.1) is 21.5 Å². The predicted octanol–water partition coefficient (Wildman–Crippen LogP) is 4.17. The number of carbonyl (C=O) groups is 2. The van der Waals surface area contributed by atoms with Crippen LogP contribution in [0.2, 0.25) is 0 Å². The molecule has 6 rings (SSSR count). The van der Waals surface area contributed by atoms with Gasteiger partial charge >= 0.3 is 0 Å². The van der Waals surface area contributed by atoms with Gasteiger partial charge in [-0.25, -0.2) is 13.2 Å². The second kappa shape index (κ2) is 9.96. The molecule has 3 aromatic rings. The number of alkyl halides is 3. The highest BCUT2D eigenvalue weighted by Gasteiger charge is 2.41. The summed E-state index contributed by atoms with van der Waals surface area (Å²) < 4.78 is 42.8. The number of halogens is 3. The molecular weight excluding hydrogens is 533 g/mol. The molecule has 14 heteroatoms. The zero-order valence-electron chi connectivity index (χ0n) is 21.5. The SMILES string of the molecule is C[C@H]1C[C@@H]1C(=O)Nc1sc2c(c1C(=O)NC[C@@H]1C[C@@H]1F)C[C@@H](n1cnnc1Nc1cc(C(F)F)nn1C)CC2. The average molecular weight is 563 g/mol. The maximum atomic E-state index is 13.4. The molecule has 3 N–H and O–H groups in total. The minimum absolute atomic E-state index is 0.0465. The molecule has 0 unspecified atom stereocenters. The first kappa shape index (κ1) is 25.8. The Kier molecular flexibility index (Phi) is 6.60. The molecule has 0 aliphatic heterocycles. The normalized spacial score (nSPS) is 25.3. The van der Waals surface area contributed by atoms with Crippen LogP contribution in [0.3, 0.4) is 0 Å². The van der Waals surface area contributed by atoms with Crippen LogP contribution >= 0.6 is 11.3 Å². The highest BCUT2D eigenvalue weighted by atomic mass is 32.1. The molecule has 10 nitrogen and oxygen atoms in total. The van der Waals surface area contributed by atoms with Crippen molar-refractivity contribution in [3.8, 4) is 0 Å². The fourth-order valence-corrected chi connectivity index (χ4v) is 6.43. The van der Waals surface area contributed by atoms with E-state index in [-0.39, 0.29) is 41.9 Å². The van der Waals surface area contributed by atoms with Crippen molar-refractivity contribution in [2.75, 3.05) is 17.2 Å². The highest BCUT2D eigenvalue weighted by Crippen LogP contribution is 2.44. The molecular formula is C25H29F3N8O2S. The Morgan fingerprint density at radius 1 is 1.28 bits per heavy atom. The van der Waals surface area contributed by atoms with Crippen LogP contribution in [-0.4, -0.2) is 49.1 Å². The number of nitrogens with one attached hydrogen (secondary N) is 3. The van der Waals surface area contributed by atoms with Crippen molar-refractivity contribution in [1.82, 2.24) is 29.9 Å². The van der Waals surface area contributed by atoms with Gasteiger partial charge in [0.15, 0.2) is 0 Å². The molecule has 0 aromatic carbocycles. The van der Waals surface area contributed by atoms with Crippen LogP contribution in [-0.2, 0) is 24.7 Å². The summed E-state index contributed by atoms with van der Waals surface area (Å²) >= 11 is 1.42. The van der Waals surface area contributed by atoms with E-state index in [2.05, 4.69) is 31.2 Å². The molecule has 39 heavy (non-hydrogen) atoms. The van der Waals surface area contributed by atoms with Crippen molar-refractivity contribution < 1.29 is 22.8 Å². The molecule has 2 saturated carbocycles. The second-order valence-electron chi connectivity index (χ2n) is 10.7. The van der Waals surface area contributed by atoms with Crippen molar-refractivity contribution in [1.29, 1.82) is 0 Å². The summed E-state index contributed by atoms with van der Waals surface area (Å²) in [5, 5.41) is 21.4. The van der Waals surface area contributed by atoms with Gasteiger partial charge in [-0.2, -0.15) is 5.10 Å². The summed E-state index contributed by atoms with van der Waals surface area (Å²) in [6, 6.07) is 1.14. The molecule has 0 spiro atoms. The van der Waals surface area contributed by atoms with E-state index in [0.29, 0.717) is 47.5 Å². The lowest BCUT2D eigenvalue weighted by molar-refractivity contribution is -0.117. The van der Waals surface area contributed by atoms with Gasteiger partial charge in [0, 0.05) is 42.4 Å². The lowest BCUT2D eigenvalue weighted by Gasteiger charge is -2.25. The molecule has 0 radical (unpaired) electrons. The van der Waals surface area contributed by atoms with E-state index in [0.717, 1.165) is 23.3 Å². The Hall–Kier alpha value is -3.42. The topological polar surface area (TPSA) is 119 Å². The summed E-state index contributed by atoms with van der Waals surface area (Å²) in [6.07, 6.45) is 1.17. The Labute approximate surface area is 226 Å². The molecule has 3 heterocycles. The van der Waals surface area contributed by atoms with Gasteiger partial charge in [0.05, 0.1) is 5.56 Å². The molecule has 208 valence electrons. The minimum Gasteiger partial charge on any atom is -0.352 e. The van der Waals surface area contributed by atoms with Crippen LogP contribution in [0.25, 0.3) is 0 Å². The molecule has 3 aromatic heterocycles. The number of aromatic nitrogens is 5. The summed E-state index contributed by atoms with van der Waals surface area (Å²) in [6.45, 7) is 2.28. The number of carbonyl (C=O) groups excluding carboxylic acids is 2. The summed E-state index contributed by atoms with van der Waals surface area (Å²) in [5.74, 6) is 0.433. The largest absolute Gasteiger partial charge is 0.352 e. The maximum absolute atomic E-state index is 13.4. The number of fused-ring (bicyclic) bond motifs is 1. The number of anilines is 3. The zero-order valence-corrected chi connectivity index (χ0v) is 22.3. The minimum atomic E-state index is -2.70. The third-order valence-electron chi connectivity index (χ3n) is 7.83. The summed E-state index contributed by atoms with van der Waals surface area (Å²) in [7, 11) is 1.56. The Morgan fingerprint density at radius 3 is 2.72 bits per heavy atom. The van der Waals surface area contributed by atoms with E-state index in [1.165, 1.54) is 22.1 Å². The lowest BCUT2D eigenvalue weighted by atomic mass is 9.91. The molecule has 3 aliphatic rings. The fraction of sp³-hybridized carbons (Fsp3) is 0.560. The van der Waals surface area contributed by atoms with E-state index in [1.807, 2.05) is 11.5 Å². The predicted molar refractivity (Wildman–Crippen MR) is 138 cm³/mol. The number of hydrogen-bond acceptors (Lipinski definition) is 7. The van der Waals surface area contributed by atoms with Crippen molar-refractivity contribution in [2.24, 2.45) is 24.8 Å². The smallest absolute Gasteiger partial charge is 0.282 e. The second-order valence-corrected chi connectivity index (χ2v) is 11.8. The highest BCUT2D eigenvalue weighted by molar-refractivity contribution is 7.17. The van der Waals surface area contributed by atoms with Gasteiger partial charge in [0.2, 0.25) is 11.9 Å². The summed E-state index contributed by atoms with van der Waals surface area (Å²) in [5.41, 5.74) is 0.941. The number of thiophene rings is 1. The number of rotatable bonds is 9. The first-order valence-electron chi connectivity index (χ1n) is 13.1. The molecule has 2 amide bonds. The van der Waals surface area contributed by atoms with Crippen LogP contribution in [0, 0.1) is 17.8 Å². The van der Waals surface area contributed by atoms with E-state index in [1.54, 1.807) is 13.4 Å². The zero-order chi connectivity index (χ0) is 27.4. The van der Waals surface area contributed by atoms with E-state index >= 15 is 0 Å². The van der Waals surface area contributed by atoms with E-state index in [4.69, 9.17) is 0 Å². The third-order valence-corrected chi connectivity index (χ3v) is 9.04. The van der Waals surface area contributed by atoms with Gasteiger partial charge in [0.25, 0.3) is 12.3 Å². The van der Waals surface area contributed by atoms with Gasteiger partial charge in [0.1, 0.15) is 29.0 Å². The number of hydrogen-bond donors (Lipinski definition) is 3. The number of nitrogens with zero attached hydrogens (tertiary/aromatic N) is 5. The molecule has 0 saturated heterocycles. The number of amides is 2. The molecule has 0 bridgehead atoms. The summed E-state index contributed by atoms with van der Waals surface area (Å²) in [4.78, 5) is 27.2. The van der Waals surface area contributed by atoms with E-state index in [9.17, 15) is 22.8 Å². The van der Waals surface area contributed by atoms with Crippen LogP contribution in [0.4, 0.5) is 29.9 Å². The average Bonchev–Trinajstić information content (AvgIpc) is 3.60. The van der Waals surface area contributed by atoms with E-state index < -0.39 is 12.6 Å². The first-order valence-corrected chi connectivity index (χ1v) is 13.9. The van der Waals surface area contributed by atoms with Gasteiger partial charge in [-0.3, -0.25) is 18.8 Å². The monoisotopic (exact) mass is 562 g/mol. The van der Waals surface area contributed by atoms with Crippen molar-refractivity contribution in [3.05, 3.63) is 34.1 Å². The Bertz CT molecular complexity index is 1420. The van der Waals surface area contributed by atoms with Crippen molar-refractivity contribution >= 4 is 39.9 Å². The molecule has 2 fully saturated rings. The standard InChI is InChI=1S/C25H29F3N8O2S/c1-11-5-14(11)22(37)32-24-20(23(38)29-9-12-6-16(12)26)15-7-13(3-4-18(15)39-24)36-10-30-33-25(36)31-19-8-17(21(27)28)34-35(19)2/h8,10-14,16,21H,3-7,9H2,1-2H3,(H,29,38)(H,31,33)(H,32,37)/t11-,12-,13-,14-,16-/m0/s1. The molecule has 5 atom stereocenters. The van der Waals surface area contributed by atoms with Crippen LogP contribution in [0.5, 0.6) is 0 Å². The maximum Gasteiger partial charge on any atom is 0.282 e. The van der Waals surface area contributed by atoms with Crippen LogP contribution < -0.4 is 16.0 Å². The van der Waals surface area contributed by atoms with Crippen LogP contribution in [0.1, 0.15) is 65.1 Å². The van der Waals surface area contributed by atoms with Gasteiger partial charge in [-0.05, 0) is 43.6 Å². The molecule has 3 aliphatic carbocycles. The quantitative estimate of drug-likeness (QED) is 0.360. The Morgan fingerprint density at radius 2 is 2.05 bits per heavy atom. The lowest BCUT2D eigenvalue weighted by Crippen LogP contribution is -2.29. The first-order chi connectivity index (χ1) is 18.7. The van der Waals surface area contributed by atoms with Crippen molar-refractivity contribution in [2.45, 2.75) is 57.7 Å². The van der Waals surface area contributed by atoms with Gasteiger partial charge < -0.3 is 16.0 Å². The number of aryl methyl sites for hydroxylation is 2. The van der Waals surface area contributed by atoms with Crippen LogP contribution in [0.15, 0.2) is 12.4 Å². The fourth-order valence-electron chi connectivity index (χ4n) is 5.18. The third kappa shape index (κ3) is 5.13. The van der Waals surface area contributed by atoms with Gasteiger partial charge in [-0.1, -0.05) is 6.92 Å².